The maximum atomic E-state index is 11.4. The first-order valence-corrected chi connectivity index (χ1v) is 5.27. The van der Waals surface area contributed by atoms with Crippen LogP contribution in [0.3, 0.4) is 0 Å². The van der Waals surface area contributed by atoms with Gasteiger partial charge in [-0.05, 0) is 6.42 Å². The molecule has 0 N–H and O–H groups in total. The summed E-state index contributed by atoms with van der Waals surface area (Å²) in [5.41, 5.74) is 0.465. The highest BCUT2D eigenvalue weighted by Crippen LogP contribution is 2.14. The van der Waals surface area contributed by atoms with Gasteiger partial charge in [0.2, 0.25) is 5.76 Å². The van der Waals surface area contributed by atoms with E-state index in [1.165, 1.54) is 14.2 Å². The molecule has 6 heteroatoms. The second-order valence-corrected chi connectivity index (χ2v) is 3.40. The lowest BCUT2D eigenvalue weighted by molar-refractivity contribution is 0.0556. The molecule has 0 radical (unpaired) electrons. The molecule has 0 saturated heterocycles. The SMILES string of the molecule is COCCCc1nc(COC)c(C(=O)OC)o1. The maximum absolute atomic E-state index is 11.4. The second kappa shape index (κ2) is 7.03. The van der Waals surface area contributed by atoms with Crippen molar-refractivity contribution in [3.8, 4) is 0 Å². The number of aromatic nitrogens is 1. The third kappa shape index (κ3) is 3.83. The number of carbonyl (C=O) groups excluding carboxylic acids is 1. The van der Waals surface area contributed by atoms with Gasteiger partial charge in [-0.25, -0.2) is 9.78 Å². The van der Waals surface area contributed by atoms with E-state index in [-0.39, 0.29) is 12.4 Å². The average molecular weight is 243 g/mol. The summed E-state index contributed by atoms with van der Waals surface area (Å²) >= 11 is 0. The fourth-order valence-electron chi connectivity index (χ4n) is 1.36. The molecule has 0 atom stereocenters. The standard InChI is InChI=1S/C11H17NO5/c1-14-6-4-5-9-12-8(7-15-2)10(17-9)11(13)16-3/h4-7H2,1-3H3. The Bertz CT molecular complexity index is 361. The average Bonchev–Trinajstić information content (AvgIpc) is 2.72. The fourth-order valence-corrected chi connectivity index (χ4v) is 1.36. The van der Waals surface area contributed by atoms with E-state index in [0.29, 0.717) is 24.6 Å². The van der Waals surface area contributed by atoms with Crippen molar-refractivity contribution in [3.05, 3.63) is 17.3 Å². The van der Waals surface area contributed by atoms with Gasteiger partial charge >= 0.3 is 5.97 Å². The van der Waals surface area contributed by atoms with Crippen LogP contribution in [0.1, 0.15) is 28.6 Å². The number of hydrogen-bond donors (Lipinski definition) is 0. The van der Waals surface area contributed by atoms with E-state index < -0.39 is 5.97 Å². The number of ether oxygens (including phenoxy) is 3. The van der Waals surface area contributed by atoms with E-state index in [9.17, 15) is 4.79 Å². The van der Waals surface area contributed by atoms with Gasteiger partial charge < -0.3 is 18.6 Å². The largest absolute Gasteiger partial charge is 0.463 e. The van der Waals surface area contributed by atoms with Crippen LogP contribution in [0.2, 0.25) is 0 Å². The van der Waals surface area contributed by atoms with Crippen LogP contribution in [0.4, 0.5) is 0 Å². The van der Waals surface area contributed by atoms with Crippen molar-refractivity contribution in [2.24, 2.45) is 0 Å². The lowest BCUT2D eigenvalue weighted by atomic mass is 10.3. The van der Waals surface area contributed by atoms with E-state index in [1.807, 2.05) is 0 Å². The molecule has 0 spiro atoms. The van der Waals surface area contributed by atoms with Gasteiger partial charge in [0.05, 0.1) is 13.7 Å². The van der Waals surface area contributed by atoms with E-state index in [2.05, 4.69) is 9.72 Å². The Balaban J connectivity index is 2.76. The molecule has 0 aromatic carbocycles. The third-order valence-electron chi connectivity index (χ3n) is 2.13. The van der Waals surface area contributed by atoms with Crippen LogP contribution in [0.25, 0.3) is 0 Å². The number of oxazole rings is 1. The number of rotatable bonds is 7. The number of hydrogen-bond acceptors (Lipinski definition) is 6. The third-order valence-corrected chi connectivity index (χ3v) is 2.13. The Morgan fingerprint density at radius 3 is 2.65 bits per heavy atom. The zero-order valence-electron chi connectivity index (χ0n) is 10.3. The summed E-state index contributed by atoms with van der Waals surface area (Å²) < 4.78 is 19.8. The maximum Gasteiger partial charge on any atom is 0.376 e. The van der Waals surface area contributed by atoms with Crippen LogP contribution in [-0.2, 0) is 27.2 Å². The highest BCUT2D eigenvalue weighted by atomic mass is 16.5. The van der Waals surface area contributed by atoms with Crippen LogP contribution in [0.5, 0.6) is 0 Å². The van der Waals surface area contributed by atoms with Crippen LogP contribution in [-0.4, -0.2) is 38.9 Å². The predicted molar refractivity (Wildman–Crippen MR) is 58.8 cm³/mol. The van der Waals surface area contributed by atoms with Crippen molar-refractivity contribution < 1.29 is 23.4 Å². The van der Waals surface area contributed by atoms with Crippen LogP contribution < -0.4 is 0 Å². The molecular weight excluding hydrogens is 226 g/mol. The molecule has 1 rings (SSSR count). The van der Waals surface area contributed by atoms with Gasteiger partial charge in [-0.15, -0.1) is 0 Å². The minimum atomic E-state index is -0.539. The quantitative estimate of drug-likeness (QED) is 0.529. The molecule has 6 nitrogen and oxygen atoms in total. The summed E-state index contributed by atoms with van der Waals surface area (Å²) in [6.07, 6.45) is 1.39. The lowest BCUT2D eigenvalue weighted by Crippen LogP contribution is -2.04. The van der Waals surface area contributed by atoms with E-state index >= 15 is 0 Å². The fraction of sp³-hybridized carbons (Fsp3) is 0.636. The molecule has 0 bridgehead atoms. The Morgan fingerprint density at radius 1 is 1.29 bits per heavy atom. The molecule has 0 amide bonds. The Hall–Kier alpha value is -1.40. The topological polar surface area (TPSA) is 70.8 Å². The first kappa shape index (κ1) is 13.7. The second-order valence-electron chi connectivity index (χ2n) is 3.40. The summed E-state index contributed by atoms with van der Waals surface area (Å²) in [4.78, 5) is 15.6. The van der Waals surface area contributed by atoms with Crippen LogP contribution in [0, 0.1) is 0 Å². The molecule has 1 aromatic heterocycles. The number of nitrogens with zero attached hydrogens (tertiary/aromatic N) is 1. The van der Waals surface area contributed by atoms with Crippen molar-refractivity contribution in [3.63, 3.8) is 0 Å². The highest BCUT2D eigenvalue weighted by Gasteiger charge is 2.20. The molecule has 96 valence electrons. The molecule has 0 aliphatic heterocycles. The first-order valence-electron chi connectivity index (χ1n) is 5.27. The van der Waals surface area contributed by atoms with Gasteiger partial charge in [0.15, 0.2) is 5.89 Å². The molecule has 1 aromatic rings. The van der Waals surface area contributed by atoms with Gasteiger partial charge in [-0.3, -0.25) is 0 Å². The van der Waals surface area contributed by atoms with Gasteiger partial charge in [-0.1, -0.05) is 0 Å². The molecule has 17 heavy (non-hydrogen) atoms. The van der Waals surface area contributed by atoms with Gasteiger partial charge in [-0.2, -0.15) is 0 Å². The molecule has 0 saturated carbocycles. The smallest absolute Gasteiger partial charge is 0.376 e. The highest BCUT2D eigenvalue weighted by molar-refractivity contribution is 5.87. The minimum Gasteiger partial charge on any atom is -0.463 e. The lowest BCUT2D eigenvalue weighted by Gasteiger charge is -1.96. The van der Waals surface area contributed by atoms with Crippen LogP contribution in [0.15, 0.2) is 4.42 Å². The number of esters is 1. The number of aryl methyl sites for hydroxylation is 1. The van der Waals surface area contributed by atoms with Gasteiger partial charge in [0.25, 0.3) is 0 Å². The normalized spacial score (nSPS) is 10.5. The van der Waals surface area contributed by atoms with Gasteiger partial charge in [0, 0.05) is 27.2 Å². The molecule has 0 unspecified atom stereocenters. The number of carbonyl (C=O) groups is 1. The summed E-state index contributed by atoms with van der Waals surface area (Å²) in [6, 6.07) is 0. The van der Waals surface area contributed by atoms with Crippen molar-refractivity contribution in [1.82, 2.24) is 4.98 Å². The summed E-state index contributed by atoms with van der Waals surface area (Å²) in [6.45, 7) is 0.841. The van der Waals surface area contributed by atoms with E-state index in [4.69, 9.17) is 13.9 Å². The zero-order chi connectivity index (χ0) is 12.7. The first-order chi connectivity index (χ1) is 8.22. The van der Waals surface area contributed by atoms with E-state index in [1.54, 1.807) is 7.11 Å². The number of methoxy groups -OCH3 is 3. The predicted octanol–water partition coefficient (Wildman–Crippen LogP) is 1.19. The summed E-state index contributed by atoms with van der Waals surface area (Å²) in [7, 11) is 4.46. The van der Waals surface area contributed by atoms with Crippen molar-refractivity contribution in [2.45, 2.75) is 19.4 Å². The molecule has 1 heterocycles. The van der Waals surface area contributed by atoms with Crippen molar-refractivity contribution in [2.75, 3.05) is 27.9 Å². The Kier molecular flexibility index (Phi) is 5.65. The Labute approximate surface area is 99.9 Å². The van der Waals surface area contributed by atoms with Gasteiger partial charge in [0.1, 0.15) is 5.69 Å². The minimum absolute atomic E-state index is 0.113. The summed E-state index contributed by atoms with van der Waals surface area (Å²) in [5, 5.41) is 0. The van der Waals surface area contributed by atoms with Crippen molar-refractivity contribution >= 4 is 5.97 Å². The summed E-state index contributed by atoms with van der Waals surface area (Å²) in [5.74, 6) is 0.0683. The molecular formula is C11H17NO5. The van der Waals surface area contributed by atoms with Crippen LogP contribution >= 0.6 is 0 Å². The molecule has 0 aliphatic carbocycles. The Morgan fingerprint density at radius 2 is 2.06 bits per heavy atom. The van der Waals surface area contributed by atoms with Crippen molar-refractivity contribution in [1.29, 1.82) is 0 Å². The molecule has 0 fully saturated rings. The monoisotopic (exact) mass is 243 g/mol. The zero-order valence-corrected chi connectivity index (χ0v) is 10.3. The van der Waals surface area contributed by atoms with E-state index in [0.717, 1.165) is 6.42 Å². The molecule has 0 aliphatic rings.